The Morgan fingerprint density at radius 2 is 2.04 bits per heavy atom. The van der Waals surface area contributed by atoms with Crippen LogP contribution in [0.5, 0.6) is 0 Å². The second-order valence-electron chi connectivity index (χ2n) is 5.88. The number of ether oxygens (including phenoxy) is 1. The van der Waals surface area contributed by atoms with Gasteiger partial charge in [-0.2, -0.15) is 0 Å². The lowest BCUT2D eigenvalue weighted by atomic mass is 10.2. The summed E-state index contributed by atoms with van der Waals surface area (Å²) in [6, 6.07) is 15.2. The van der Waals surface area contributed by atoms with Gasteiger partial charge in [0, 0.05) is 12.6 Å². The first-order valence-electron chi connectivity index (χ1n) is 8.13. The normalized spacial score (nSPS) is 11.0. The van der Waals surface area contributed by atoms with Crippen molar-refractivity contribution in [3.63, 3.8) is 0 Å². The van der Waals surface area contributed by atoms with Crippen molar-refractivity contribution in [2.75, 3.05) is 0 Å². The average Bonchev–Trinajstić information content (AvgIpc) is 3.28. The summed E-state index contributed by atoms with van der Waals surface area (Å²) in [6.07, 6.45) is 1.54. The molecule has 0 aliphatic rings. The molecule has 0 N–H and O–H groups in total. The third-order valence-electron chi connectivity index (χ3n) is 3.97. The maximum absolute atomic E-state index is 12.1. The molecule has 0 bridgehead atoms. The Labute approximate surface area is 149 Å². The number of oxazole rings is 1. The van der Waals surface area contributed by atoms with Gasteiger partial charge < -0.3 is 9.15 Å². The van der Waals surface area contributed by atoms with Gasteiger partial charge in [-0.25, -0.2) is 9.67 Å². The summed E-state index contributed by atoms with van der Waals surface area (Å²) in [7, 11) is 1.83. The second-order valence-corrected chi connectivity index (χ2v) is 5.88. The SMILES string of the molecule is Cn1nnc2cc(COC(=O)Cc3coc(-c4ccccc4)n3)ccc21. The van der Waals surface area contributed by atoms with Crippen molar-refractivity contribution in [3.8, 4) is 11.5 Å². The summed E-state index contributed by atoms with van der Waals surface area (Å²) >= 11 is 0. The lowest BCUT2D eigenvalue weighted by Crippen LogP contribution is -2.08. The number of hydrogen-bond donors (Lipinski definition) is 0. The van der Waals surface area contributed by atoms with Gasteiger partial charge in [-0.3, -0.25) is 4.79 Å². The molecule has 0 spiro atoms. The largest absolute Gasteiger partial charge is 0.461 e. The third kappa shape index (κ3) is 3.32. The molecule has 0 saturated heterocycles. The number of hydrogen-bond acceptors (Lipinski definition) is 6. The first kappa shape index (κ1) is 16.0. The molecular weight excluding hydrogens is 332 g/mol. The van der Waals surface area contributed by atoms with Gasteiger partial charge in [-0.05, 0) is 29.8 Å². The summed E-state index contributed by atoms with van der Waals surface area (Å²) in [5.74, 6) is 0.124. The number of carbonyl (C=O) groups excluding carboxylic acids is 1. The summed E-state index contributed by atoms with van der Waals surface area (Å²) in [6.45, 7) is 0.175. The van der Waals surface area contributed by atoms with E-state index in [4.69, 9.17) is 9.15 Å². The van der Waals surface area contributed by atoms with Gasteiger partial charge in [0.2, 0.25) is 5.89 Å². The van der Waals surface area contributed by atoms with Gasteiger partial charge in [0.25, 0.3) is 0 Å². The number of nitrogens with zero attached hydrogens (tertiary/aromatic N) is 4. The Morgan fingerprint density at radius 3 is 2.88 bits per heavy atom. The number of aryl methyl sites for hydroxylation is 1. The minimum Gasteiger partial charge on any atom is -0.461 e. The topological polar surface area (TPSA) is 83.0 Å². The molecular formula is C19H16N4O3. The molecule has 0 saturated carbocycles. The summed E-state index contributed by atoms with van der Waals surface area (Å²) < 4.78 is 12.5. The van der Waals surface area contributed by atoms with E-state index in [9.17, 15) is 4.79 Å². The highest BCUT2D eigenvalue weighted by Crippen LogP contribution is 2.18. The fourth-order valence-corrected chi connectivity index (χ4v) is 2.64. The lowest BCUT2D eigenvalue weighted by Gasteiger charge is -2.04. The van der Waals surface area contributed by atoms with Crippen LogP contribution in [-0.2, 0) is 29.6 Å². The molecule has 0 amide bonds. The van der Waals surface area contributed by atoms with E-state index in [1.165, 1.54) is 6.26 Å². The Morgan fingerprint density at radius 1 is 1.19 bits per heavy atom. The smallest absolute Gasteiger partial charge is 0.312 e. The van der Waals surface area contributed by atoms with Crippen LogP contribution in [0.1, 0.15) is 11.3 Å². The molecule has 4 rings (SSSR count). The number of esters is 1. The zero-order chi connectivity index (χ0) is 17.9. The van der Waals surface area contributed by atoms with Crippen LogP contribution in [0, 0.1) is 0 Å². The highest BCUT2D eigenvalue weighted by molar-refractivity contribution is 5.75. The molecule has 0 radical (unpaired) electrons. The molecule has 0 atom stereocenters. The maximum atomic E-state index is 12.1. The van der Waals surface area contributed by atoms with Crippen LogP contribution in [0.4, 0.5) is 0 Å². The van der Waals surface area contributed by atoms with Gasteiger partial charge in [0.1, 0.15) is 18.4 Å². The number of carbonyl (C=O) groups is 1. The van der Waals surface area contributed by atoms with E-state index >= 15 is 0 Å². The number of fused-ring (bicyclic) bond motifs is 1. The van der Waals surface area contributed by atoms with E-state index in [-0.39, 0.29) is 19.0 Å². The van der Waals surface area contributed by atoms with Gasteiger partial charge in [-0.1, -0.05) is 29.5 Å². The second kappa shape index (κ2) is 6.79. The fraction of sp³-hybridized carbons (Fsp3) is 0.158. The monoisotopic (exact) mass is 348 g/mol. The molecule has 0 aliphatic heterocycles. The molecule has 7 heteroatoms. The predicted molar refractivity (Wildman–Crippen MR) is 93.9 cm³/mol. The minimum atomic E-state index is -0.364. The van der Waals surface area contributed by atoms with Crippen LogP contribution in [0.15, 0.2) is 59.2 Å². The average molecular weight is 348 g/mol. The highest BCUT2D eigenvalue weighted by Gasteiger charge is 2.12. The van der Waals surface area contributed by atoms with Crippen LogP contribution >= 0.6 is 0 Å². The van der Waals surface area contributed by atoms with E-state index in [0.717, 1.165) is 22.2 Å². The molecule has 0 unspecified atom stereocenters. The zero-order valence-corrected chi connectivity index (χ0v) is 14.1. The van der Waals surface area contributed by atoms with E-state index in [2.05, 4.69) is 15.3 Å². The number of benzene rings is 2. The van der Waals surface area contributed by atoms with Crippen LogP contribution in [0.3, 0.4) is 0 Å². The van der Waals surface area contributed by atoms with Gasteiger partial charge >= 0.3 is 5.97 Å². The Bertz CT molecular complexity index is 1050. The Balaban J connectivity index is 1.37. The van der Waals surface area contributed by atoms with Crippen LogP contribution < -0.4 is 0 Å². The van der Waals surface area contributed by atoms with E-state index < -0.39 is 0 Å². The molecule has 0 fully saturated rings. The molecule has 130 valence electrons. The van der Waals surface area contributed by atoms with E-state index in [1.54, 1.807) is 4.68 Å². The Kier molecular flexibility index (Phi) is 4.18. The van der Waals surface area contributed by atoms with Crippen molar-refractivity contribution >= 4 is 17.0 Å². The lowest BCUT2D eigenvalue weighted by molar-refractivity contribution is -0.144. The van der Waals surface area contributed by atoms with Crippen molar-refractivity contribution in [1.29, 1.82) is 0 Å². The van der Waals surface area contributed by atoms with Crippen LogP contribution in [0.2, 0.25) is 0 Å². The quantitative estimate of drug-likeness (QED) is 0.516. The van der Waals surface area contributed by atoms with E-state index in [0.29, 0.717) is 11.6 Å². The first-order valence-corrected chi connectivity index (χ1v) is 8.13. The molecule has 7 nitrogen and oxygen atoms in total. The molecule has 2 heterocycles. The Hall–Kier alpha value is -3.48. The summed E-state index contributed by atoms with van der Waals surface area (Å²) in [4.78, 5) is 16.4. The predicted octanol–water partition coefficient (Wildman–Crippen LogP) is 2.91. The molecule has 0 aliphatic carbocycles. The minimum absolute atomic E-state index is 0.0592. The fourth-order valence-electron chi connectivity index (χ4n) is 2.64. The van der Waals surface area contributed by atoms with Crippen molar-refractivity contribution < 1.29 is 13.9 Å². The summed E-state index contributed by atoms with van der Waals surface area (Å²) in [5.41, 5.74) is 3.96. The summed E-state index contributed by atoms with van der Waals surface area (Å²) in [5, 5.41) is 8.01. The standard InChI is InChI=1S/C19H16N4O3/c1-23-17-8-7-13(9-16(17)21-22-23)11-25-18(24)10-15-12-26-19(20-15)14-5-3-2-4-6-14/h2-9,12H,10-11H2,1H3. The van der Waals surface area contributed by atoms with Crippen LogP contribution in [0.25, 0.3) is 22.5 Å². The van der Waals surface area contributed by atoms with Gasteiger partial charge in [-0.15, -0.1) is 5.10 Å². The van der Waals surface area contributed by atoms with Gasteiger partial charge in [0.05, 0.1) is 17.6 Å². The van der Waals surface area contributed by atoms with Crippen LogP contribution in [-0.4, -0.2) is 25.9 Å². The zero-order valence-electron chi connectivity index (χ0n) is 14.1. The maximum Gasteiger partial charge on any atom is 0.312 e. The van der Waals surface area contributed by atoms with Crippen molar-refractivity contribution in [2.45, 2.75) is 13.0 Å². The third-order valence-corrected chi connectivity index (χ3v) is 3.97. The van der Waals surface area contributed by atoms with Crippen molar-refractivity contribution in [1.82, 2.24) is 20.0 Å². The van der Waals surface area contributed by atoms with Gasteiger partial charge in [0.15, 0.2) is 0 Å². The van der Waals surface area contributed by atoms with Crippen molar-refractivity contribution in [2.24, 2.45) is 7.05 Å². The first-order chi connectivity index (χ1) is 12.7. The molecule has 2 aromatic heterocycles. The number of rotatable bonds is 5. The molecule has 2 aromatic carbocycles. The highest BCUT2D eigenvalue weighted by atomic mass is 16.5. The number of aromatic nitrogens is 4. The van der Waals surface area contributed by atoms with Crippen molar-refractivity contribution in [3.05, 3.63) is 66.1 Å². The van der Waals surface area contributed by atoms with E-state index in [1.807, 2.05) is 55.6 Å². The molecule has 4 aromatic rings. The molecule has 26 heavy (non-hydrogen) atoms.